The molecule has 0 saturated heterocycles. The Morgan fingerprint density at radius 3 is 2.70 bits per heavy atom. The van der Waals surface area contributed by atoms with Crippen molar-refractivity contribution in [3.8, 4) is 0 Å². The van der Waals surface area contributed by atoms with E-state index in [0.29, 0.717) is 0 Å². The van der Waals surface area contributed by atoms with Gasteiger partial charge in [-0.15, -0.1) is 0 Å². The molecule has 2 heteroatoms. The van der Waals surface area contributed by atoms with E-state index in [1.165, 1.54) is 6.08 Å². The second kappa shape index (κ2) is 6.08. The summed E-state index contributed by atoms with van der Waals surface area (Å²) < 4.78 is 0. The normalized spacial score (nSPS) is 11.3. The van der Waals surface area contributed by atoms with Gasteiger partial charge in [-0.25, -0.2) is 0 Å². The van der Waals surface area contributed by atoms with Gasteiger partial charge in [0, 0.05) is 6.08 Å². The van der Waals surface area contributed by atoms with Crippen molar-refractivity contribution in [3.05, 3.63) is 24.3 Å². The van der Waals surface area contributed by atoms with Gasteiger partial charge < -0.3 is 5.73 Å². The zero-order chi connectivity index (χ0) is 7.82. The summed E-state index contributed by atoms with van der Waals surface area (Å²) >= 11 is 0. The van der Waals surface area contributed by atoms with Gasteiger partial charge >= 0.3 is 0 Å². The lowest BCUT2D eigenvalue weighted by Gasteiger charge is -1.79. The predicted molar refractivity (Wildman–Crippen MR) is 42.4 cm³/mol. The number of amides is 1. The Labute approximate surface area is 61.4 Å². The van der Waals surface area contributed by atoms with E-state index in [4.69, 9.17) is 5.73 Å². The van der Waals surface area contributed by atoms with Gasteiger partial charge in [0.1, 0.15) is 0 Å². The fourth-order valence-corrected chi connectivity index (χ4v) is 0.492. The maximum atomic E-state index is 10.1. The number of rotatable bonds is 4. The molecule has 0 aromatic rings. The molecule has 56 valence electrons. The first kappa shape index (κ1) is 8.95. The Kier molecular flexibility index (Phi) is 5.44. The van der Waals surface area contributed by atoms with Crippen LogP contribution in [-0.4, -0.2) is 5.91 Å². The van der Waals surface area contributed by atoms with Crippen molar-refractivity contribution in [3.63, 3.8) is 0 Å². The van der Waals surface area contributed by atoms with Crippen molar-refractivity contribution in [1.29, 1.82) is 0 Å². The van der Waals surface area contributed by atoms with E-state index in [2.05, 4.69) is 6.92 Å². The first-order valence-corrected chi connectivity index (χ1v) is 3.40. The quantitative estimate of drug-likeness (QED) is 0.464. The minimum absolute atomic E-state index is 0.402. The molecule has 0 atom stereocenters. The summed E-state index contributed by atoms with van der Waals surface area (Å²) in [5, 5.41) is 0. The fraction of sp³-hybridized carbons (Fsp3) is 0.375. The van der Waals surface area contributed by atoms with Crippen LogP contribution in [0.3, 0.4) is 0 Å². The molecule has 0 rings (SSSR count). The van der Waals surface area contributed by atoms with E-state index in [1.807, 2.05) is 12.2 Å². The first-order valence-electron chi connectivity index (χ1n) is 3.40. The van der Waals surface area contributed by atoms with Crippen LogP contribution >= 0.6 is 0 Å². The highest BCUT2D eigenvalue weighted by atomic mass is 16.1. The summed E-state index contributed by atoms with van der Waals surface area (Å²) in [6.07, 6.45) is 8.99. The molecule has 0 aliphatic carbocycles. The zero-order valence-electron chi connectivity index (χ0n) is 6.21. The second-order valence-corrected chi connectivity index (χ2v) is 1.98. The SMILES string of the molecule is CCCC=CC=CC(N)=O. The summed E-state index contributed by atoms with van der Waals surface area (Å²) in [6, 6.07) is 0. The first-order chi connectivity index (χ1) is 4.77. The summed E-state index contributed by atoms with van der Waals surface area (Å²) in [5.74, 6) is -0.402. The number of primary amides is 1. The highest BCUT2D eigenvalue weighted by Crippen LogP contribution is 1.88. The zero-order valence-corrected chi connectivity index (χ0v) is 6.21. The van der Waals surface area contributed by atoms with E-state index in [1.54, 1.807) is 6.08 Å². The Bertz CT molecular complexity index is 147. The molecule has 0 bridgehead atoms. The minimum atomic E-state index is -0.402. The maximum Gasteiger partial charge on any atom is 0.241 e. The summed E-state index contributed by atoms with van der Waals surface area (Å²) in [4.78, 5) is 10.1. The number of nitrogens with two attached hydrogens (primary N) is 1. The highest BCUT2D eigenvalue weighted by Gasteiger charge is 1.76. The van der Waals surface area contributed by atoms with Gasteiger partial charge in [-0.05, 0) is 6.42 Å². The lowest BCUT2D eigenvalue weighted by atomic mass is 10.3. The van der Waals surface area contributed by atoms with Crippen LogP contribution in [0.1, 0.15) is 19.8 Å². The third-order valence-corrected chi connectivity index (χ3v) is 0.963. The van der Waals surface area contributed by atoms with Crippen molar-refractivity contribution >= 4 is 5.91 Å². The third-order valence-electron chi connectivity index (χ3n) is 0.963. The maximum absolute atomic E-state index is 10.1. The summed E-state index contributed by atoms with van der Waals surface area (Å²) in [7, 11) is 0. The smallest absolute Gasteiger partial charge is 0.241 e. The molecule has 0 radical (unpaired) electrons. The molecule has 0 aliphatic heterocycles. The van der Waals surface area contributed by atoms with Crippen molar-refractivity contribution in [1.82, 2.24) is 0 Å². The van der Waals surface area contributed by atoms with Crippen molar-refractivity contribution in [2.24, 2.45) is 5.73 Å². The van der Waals surface area contributed by atoms with E-state index < -0.39 is 5.91 Å². The van der Waals surface area contributed by atoms with Crippen LogP contribution < -0.4 is 5.73 Å². The topological polar surface area (TPSA) is 43.1 Å². The molecule has 0 heterocycles. The molecular weight excluding hydrogens is 126 g/mol. The van der Waals surface area contributed by atoms with Gasteiger partial charge in [-0.1, -0.05) is 31.6 Å². The lowest BCUT2D eigenvalue weighted by Crippen LogP contribution is -2.04. The van der Waals surface area contributed by atoms with Gasteiger partial charge in [-0.3, -0.25) is 4.79 Å². The fourth-order valence-electron chi connectivity index (χ4n) is 0.492. The standard InChI is InChI=1S/C8H13NO/c1-2-3-4-5-6-7-8(9)10/h4-7H,2-3H2,1H3,(H2,9,10). The lowest BCUT2D eigenvalue weighted by molar-refractivity contribution is -0.113. The average Bonchev–Trinajstić information content (AvgIpc) is 1.87. The Morgan fingerprint density at radius 1 is 1.50 bits per heavy atom. The molecule has 2 N–H and O–H groups in total. The monoisotopic (exact) mass is 139 g/mol. The number of allylic oxidation sites excluding steroid dienone is 3. The van der Waals surface area contributed by atoms with Crippen LogP contribution in [0.25, 0.3) is 0 Å². The van der Waals surface area contributed by atoms with E-state index in [-0.39, 0.29) is 0 Å². The number of carbonyl (C=O) groups is 1. The van der Waals surface area contributed by atoms with Crippen LogP contribution in [-0.2, 0) is 4.79 Å². The van der Waals surface area contributed by atoms with Gasteiger partial charge in [0.2, 0.25) is 5.91 Å². The molecule has 0 spiro atoms. The number of unbranched alkanes of at least 4 members (excludes halogenated alkanes) is 1. The van der Waals surface area contributed by atoms with E-state index in [9.17, 15) is 4.79 Å². The van der Waals surface area contributed by atoms with Crippen molar-refractivity contribution in [2.75, 3.05) is 0 Å². The van der Waals surface area contributed by atoms with Gasteiger partial charge in [-0.2, -0.15) is 0 Å². The second-order valence-electron chi connectivity index (χ2n) is 1.98. The van der Waals surface area contributed by atoms with Crippen LogP contribution in [0, 0.1) is 0 Å². The molecule has 1 amide bonds. The molecule has 0 aliphatic rings. The van der Waals surface area contributed by atoms with Crippen LogP contribution in [0.15, 0.2) is 24.3 Å². The van der Waals surface area contributed by atoms with Gasteiger partial charge in [0.25, 0.3) is 0 Å². The van der Waals surface area contributed by atoms with Crippen LogP contribution in [0.2, 0.25) is 0 Å². The molecule has 0 fully saturated rings. The highest BCUT2D eigenvalue weighted by molar-refractivity contribution is 5.85. The molecule has 0 saturated carbocycles. The van der Waals surface area contributed by atoms with Crippen LogP contribution in [0.5, 0.6) is 0 Å². The Morgan fingerprint density at radius 2 is 2.20 bits per heavy atom. The number of hydrogen-bond acceptors (Lipinski definition) is 1. The van der Waals surface area contributed by atoms with Crippen molar-refractivity contribution in [2.45, 2.75) is 19.8 Å². The summed E-state index contributed by atoms with van der Waals surface area (Å²) in [5.41, 5.74) is 4.85. The molecule has 0 aromatic carbocycles. The number of hydrogen-bond donors (Lipinski definition) is 1. The molecular formula is C8H13NO. The third kappa shape index (κ3) is 6.95. The number of carbonyl (C=O) groups excluding carboxylic acids is 1. The Hall–Kier alpha value is -1.05. The predicted octanol–water partition coefficient (Wildman–Crippen LogP) is 1.38. The van der Waals surface area contributed by atoms with Crippen molar-refractivity contribution < 1.29 is 4.79 Å². The van der Waals surface area contributed by atoms with E-state index in [0.717, 1.165) is 12.8 Å². The summed E-state index contributed by atoms with van der Waals surface area (Å²) in [6.45, 7) is 2.10. The molecule has 0 aromatic heterocycles. The Balaban J connectivity index is 3.42. The average molecular weight is 139 g/mol. The molecule has 2 nitrogen and oxygen atoms in total. The van der Waals surface area contributed by atoms with E-state index >= 15 is 0 Å². The van der Waals surface area contributed by atoms with Crippen LogP contribution in [0.4, 0.5) is 0 Å². The minimum Gasteiger partial charge on any atom is -0.366 e. The molecule has 0 unspecified atom stereocenters. The largest absolute Gasteiger partial charge is 0.366 e. The van der Waals surface area contributed by atoms with Gasteiger partial charge in [0.05, 0.1) is 0 Å². The molecule has 10 heavy (non-hydrogen) atoms. The van der Waals surface area contributed by atoms with Gasteiger partial charge in [0.15, 0.2) is 0 Å².